The number of pyridine rings is 1. The van der Waals surface area contributed by atoms with Gasteiger partial charge in [-0.25, -0.2) is 4.98 Å². The van der Waals surface area contributed by atoms with E-state index in [1.807, 2.05) is 0 Å². The quantitative estimate of drug-likeness (QED) is 0.287. The summed E-state index contributed by atoms with van der Waals surface area (Å²) >= 11 is 21.7. The van der Waals surface area contributed by atoms with E-state index in [-0.39, 0.29) is 16.8 Å². The van der Waals surface area contributed by atoms with Crippen LogP contribution in [0.1, 0.15) is 27.7 Å². The molecule has 1 amide bonds. The molecule has 0 spiro atoms. The van der Waals surface area contributed by atoms with Crippen molar-refractivity contribution in [1.82, 2.24) is 4.98 Å². The van der Waals surface area contributed by atoms with Crippen LogP contribution in [-0.2, 0) is 0 Å². The van der Waals surface area contributed by atoms with Crippen molar-refractivity contribution in [2.45, 2.75) is 6.04 Å². The number of rotatable bonds is 2. The molecule has 1 unspecified atom stereocenters. The Hall–Kier alpha value is -2.38. The van der Waals surface area contributed by atoms with Crippen LogP contribution in [0.2, 0.25) is 15.1 Å². The predicted octanol–water partition coefficient (Wildman–Crippen LogP) is 6.66. The molecule has 0 radical (unpaired) electrons. The molecule has 5 rings (SSSR count). The highest BCUT2D eigenvalue weighted by atomic mass is 79.9. The maximum atomic E-state index is 13.5. The van der Waals surface area contributed by atoms with Crippen LogP contribution in [0.4, 0.5) is 5.82 Å². The van der Waals surface area contributed by atoms with Crippen molar-refractivity contribution in [2.75, 3.05) is 4.90 Å². The fourth-order valence-corrected chi connectivity index (χ4v) is 4.47. The minimum Gasteiger partial charge on any atom is -0.450 e. The molecule has 2 aromatic heterocycles. The number of fused-ring (bicyclic) bond motifs is 2. The van der Waals surface area contributed by atoms with Crippen LogP contribution in [0.15, 0.2) is 68.4 Å². The van der Waals surface area contributed by atoms with E-state index in [0.717, 1.165) is 4.47 Å². The summed E-state index contributed by atoms with van der Waals surface area (Å²) in [4.78, 5) is 32.6. The third kappa shape index (κ3) is 3.34. The molecule has 3 heterocycles. The first-order chi connectivity index (χ1) is 14.8. The lowest BCUT2D eigenvalue weighted by Gasteiger charge is -2.24. The van der Waals surface area contributed by atoms with Crippen molar-refractivity contribution < 1.29 is 9.21 Å². The van der Waals surface area contributed by atoms with Crippen molar-refractivity contribution >= 4 is 73.4 Å². The third-order valence-corrected chi connectivity index (χ3v) is 6.51. The molecule has 1 aliphatic heterocycles. The summed E-state index contributed by atoms with van der Waals surface area (Å²) in [6.45, 7) is 0. The number of carbonyl (C=O) groups is 1. The molecule has 9 heteroatoms. The number of benzene rings is 2. The van der Waals surface area contributed by atoms with E-state index in [4.69, 9.17) is 39.2 Å². The molecular weight excluding hydrogens is 527 g/mol. The number of halogens is 4. The lowest BCUT2D eigenvalue weighted by atomic mass is 9.98. The van der Waals surface area contributed by atoms with Crippen molar-refractivity contribution in [3.8, 4) is 0 Å². The minimum absolute atomic E-state index is 0.0346. The van der Waals surface area contributed by atoms with Crippen molar-refractivity contribution in [1.29, 1.82) is 0 Å². The van der Waals surface area contributed by atoms with Crippen LogP contribution in [0.25, 0.3) is 11.0 Å². The Morgan fingerprint density at radius 2 is 1.77 bits per heavy atom. The Kier molecular flexibility index (Phi) is 5.06. The molecule has 154 valence electrons. The van der Waals surface area contributed by atoms with Crippen molar-refractivity contribution in [2.24, 2.45) is 0 Å². The second kappa shape index (κ2) is 7.64. The van der Waals surface area contributed by atoms with Crippen LogP contribution < -0.4 is 10.3 Å². The molecule has 1 atom stereocenters. The van der Waals surface area contributed by atoms with E-state index >= 15 is 0 Å². The number of anilines is 1. The van der Waals surface area contributed by atoms with Gasteiger partial charge in [0.2, 0.25) is 5.76 Å². The van der Waals surface area contributed by atoms with Gasteiger partial charge in [-0.05, 0) is 48.0 Å². The van der Waals surface area contributed by atoms with Gasteiger partial charge >= 0.3 is 0 Å². The van der Waals surface area contributed by atoms with Crippen LogP contribution in [0.5, 0.6) is 0 Å². The Labute approximate surface area is 199 Å². The molecule has 0 aliphatic carbocycles. The Bertz CT molecular complexity index is 1440. The molecule has 0 bridgehead atoms. The second-order valence-corrected chi connectivity index (χ2v) is 9.07. The first kappa shape index (κ1) is 20.5. The first-order valence-electron chi connectivity index (χ1n) is 9.01. The highest BCUT2D eigenvalue weighted by molar-refractivity contribution is 9.10. The van der Waals surface area contributed by atoms with Gasteiger partial charge in [0.05, 0.1) is 32.1 Å². The molecule has 0 fully saturated rings. The molecule has 31 heavy (non-hydrogen) atoms. The summed E-state index contributed by atoms with van der Waals surface area (Å²) < 4.78 is 6.63. The number of amides is 1. The average molecular weight is 537 g/mol. The lowest BCUT2D eigenvalue weighted by molar-refractivity contribution is 0.0970. The van der Waals surface area contributed by atoms with Gasteiger partial charge in [0.25, 0.3) is 5.91 Å². The Morgan fingerprint density at radius 1 is 0.968 bits per heavy atom. The van der Waals surface area contributed by atoms with Gasteiger partial charge < -0.3 is 4.42 Å². The second-order valence-electron chi connectivity index (χ2n) is 6.90. The van der Waals surface area contributed by atoms with E-state index in [9.17, 15) is 9.59 Å². The fraction of sp³-hybridized carbons (Fsp3) is 0.0455. The molecule has 1 aliphatic rings. The largest absolute Gasteiger partial charge is 0.450 e. The van der Waals surface area contributed by atoms with E-state index in [1.54, 1.807) is 48.5 Å². The van der Waals surface area contributed by atoms with Gasteiger partial charge in [0.15, 0.2) is 5.43 Å². The van der Waals surface area contributed by atoms with Gasteiger partial charge in [-0.2, -0.15) is 0 Å². The maximum Gasteiger partial charge on any atom is 0.296 e. The van der Waals surface area contributed by atoms with Crippen LogP contribution >= 0.6 is 50.7 Å². The fourth-order valence-electron chi connectivity index (χ4n) is 3.69. The first-order valence-corrected chi connectivity index (χ1v) is 10.9. The van der Waals surface area contributed by atoms with Crippen molar-refractivity contribution in [3.05, 3.63) is 101 Å². The Morgan fingerprint density at radius 3 is 2.48 bits per heavy atom. The highest BCUT2D eigenvalue weighted by Gasteiger charge is 2.44. The summed E-state index contributed by atoms with van der Waals surface area (Å²) in [6, 6.07) is 12.4. The summed E-state index contributed by atoms with van der Waals surface area (Å²) in [5.41, 5.74) is 0.822. The predicted molar refractivity (Wildman–Crippen MR) is 125 cm³/mol. The summed E-state index contributed by atoms with van der Waals surface area (Å²) in [7, 11) is 0. The van der Waals surface area contributed by atoms with E-state index in [2.05, 4.69) is 20.9 Å². The summed E-state index contributed by atoms with van der Waals surface area (Å²) in [5, 5.41) is 1.44. The van der Waals surface area contributed by atoms with E-state index in [0.29, 0.717) is 37.4 Å². The van der Waals surface area contributed by atoms with Crippen LogP contribution in [0.3, 0.4) is 0 Å². The number of nitrogens with zero attached hydrogens (tertiary/aromatic N) is 2. The van der Waals surface area contributed by atoms with Gasteiger partial charge in [-0.3, -0.25) is 14.5 Å². The lowest BCUT2D eigenvalue weighted by Crippen LogP contribution is -2.30. The van der Waals surface area contributed by atoms with Gasteiger partial charge in [0.1, 0.15) is 11.4 Å². The molecule has 0 N–H and O–H groups in total. The minimum atomic E-state index is -0.800. The smallest absolute Gasteiger partial charge is 0.296 e. The van der Waals surface area contributed by atoms with E-state index in [1.165, 1.54) is 11.1 Å². The number of hydrogen-bond donors (Lipinski definition) is 0. The zero-order valence-corrected chi connectivity index (χ0v) is 19.3. The zero-order chi connectivity index (χ0) is 21.9. The average Bonchev–Trinajstić information content (AvgIpc) is 3.04. The van der Waals surface area contributed by atoms with Crippen LogP contribution in [0, 0.1) is 0 Å². The summed E-state index contributed by atoms with van der Waals surface area (Å²) in [6.07, 6.45) is 1.43. The highest BCUT2D eigenvalue weighted by Crippen LogP contribution is 2.42. The van der Waals surface area contributed by atoms with E-state index < -0.39 is 11.9 Å². The third-order valence-electron chi connectivity index (χ3n) is 5.05. The molecule has 5 nitrogen and oxygen atoms in total. The summed E-state index contributed by atoms with van der Waals surface area (Å²) in [5.74, 6) is -0.197. The van der Waals surface area contributed by atoms with Gasteiger partial charge in [-0.1, -0.05) is 56.8 Å². The van der Waals surface area contributed by atoms with Crippen molar-refractivity contribution in [3.63, 3.8) is 0 Å². The molecular formula is C22H10BrCl3N2O3. The van der Waals surface area contributed by atoms with Crippen LogP contribution in [-0.4, -0.2) is 10.9 Å². The molecule has 0 saturated carbocycles. The number of aromatic nitrogens is 1. The zero-order valence-electron chi connectivity index (χ0n) is 15.4. The van der Waals surface area contributed by atoms with Gasteiger partial charge in [0, 0.05) is 10.7 Å². The maximum absolute atomic E-state index is 13.5. The molecule has 0 saturated heterocycles. The number of carbonyl (C=O) groups excluding carboxylic acids is 1. The standard InChI is InChI=1S/C22H10BrCl3N2O3/c23-11-2-5-16-13(8-11)20(29)18-19(10-1-4-14(25)15(26)7-10)28(22(30)21(18)31-16)17-6-3-12(24)9-27-17/h1-9,19H. The topological polar surface area (TPSA) is 63.4 Å². The normalized spacial score (nSPS) is 15.5. The molecule has 2 aromatic carbocycles. The monoisotopic (exact) mass is 534 g/mol. The molecule has 4 aromatic rings. The number of hydrogen-bond acceptors (Lipinski definition) is 4. The Balaban J connectivity index is 1.83. The van der Waals surface area contributed by atoms with Gasteiger partial charge in [-0.15, -0.1) is 0 Å². The SMILES string of the molecule is O=C1c2oc3ccc(Br)cc3c(=O)c2C(c2ccc(Cl)c(Cl)c2)N1c1ccc(Cl)cn1.